The number of piperidine rings is 1. The number of pyridine rings is 1. The lowest BCUT2D eigenvalue weighted by atomic mass is 9.98. The molecule has 0 saturated carbocycles. The third-order valence-electron chi connectivity index (χ3n) is 5.74. The number of nitrogens with zero attached hydrogens (tertiary/aromatic N) is 3. The molecule has 1 aromatic carbocycles. The molecule has 0 bridgehead atoms. The van der Waals surface area contributed by atoms with Gasteiger partial charge in [0.15, 0.2) is 9.84 Å². The Morgan fingerprint density at radius 2 is 2.06 bits per heavy atom. The van der Waals surface area contributed by atoms with E-state index in [9.17, 15) is 18.3 Å². The van der Waals surface area contributed by atoms with Crippen LogP contribution < -0.4 is 4.74 Å². The van der Waals surface area contributed by atoms with Gasteiger partial charge in [-0.2, -0.15) is 0 Å². The standard InChI is InChI=1S/C22H25N3O5S/c1-3-16-13-17(9-11-24(16)22(26)27)30-18-4-7-21(23-14-18)25-10-8-15-12-19(31(2,28)29)5-6-20(15)25/h4-8,10,12,14,16-17H,3,9,11,13H2,1-2H3,(H,26,27). The van der Waals surface area contributed by atoms with E-state index in [0.717, 1.165) is 17.3 Å². The normalized spacial score (nSPS) is 19.5. The number of carbonyl (C=O) groups is 1. The fraction of sp³-hybridized carbons (Fsp3) is 0.364. The number of likely N-dealkylation sites (tertiary alicyclic amines) is 1. The molecule has 0 aliphatic carbocycles. The van der Waals surface area contributed by atoms with Gasteiger partial charge in [-0.15, -0.1) is 0 Å². The third kappa shape index (κ3) is 4.36. The molecule has 3 heterocycles. The highest BCUT2D eigenvalue weighted by atomic mass is 32.2. The van der Waals surface area contributed by atoms with E-state index in [1.54, 1.807) is 24.4 Å². The van der Waals surface area contributed by atoms with Crippen LogP contribution in [0.2, 0.25) is 0 Å². The number of amides is 1. The van der Waals surface area contributed by atoms with E-state index in [2.05, 4.69) is 4.98 Å². The lowest BCUT2D eigenvalue weighted by Crippen LogP contribution is -2.48. The minimum absolute atomic E-state index is 0.0356. The Bertz CT molecular complexity index is 1200. The zero-order chi connectivity index (χ0) is 22.2. The summed E-state index contributed by atoms with van der Waals surface area (Å²) in [4.78, 5) is 17.6. The topological polar surface area (TPSA) is 102 Å². The largest absolute Gasteiger partial charge is 0.489 e. The Hall–Kier alpha value is -3.07. The smallest absolute Gasteiger partial charge is 0.407 e. The molecule has 3 aromatic rings. The first-order valence-electron chi connectivity index (χ1n) is 10.2. The second kappa shape index (κ2) is 8.22. The van der Waals surface area contributed by atoms with Gasteiger partial charge in [-0.1, -0.05) is 6.92 Å². The fourth-order valence-corrected chi connectivity index (χ4v) is 4.74. The van der Waals surface area contributed by atoms with Crippen molar-refractivity contribution in [3.8, 4) is 11.6 Å². The second-order valence-corrected chi connectivity index (χ2v) is 9.85. The monoisotopic (exact) mass is 443 g/mol. The van der Waals surface area contributed by atoms with Gasteiger partial charge >= 0.3 is 6.09 Å². The first kappa shape index (κ1) is 21.2. The van der Waals surface area contributed by atoms with Crippen molar-refractivity contribution < 1.29 is 23.1 Å². The zero-order valence-corrected chi connectivity index (χ0v) is 18.2. The van der Waals surface area contributed by atoms with Crippen LogP contribution in [0.5, 0.6) is 5.75 Å². The maximum atomic E-state index is 11.8. The maximum Gasteiger partial charge on any atom is 0.407 e. The lowest BCUT2D eigenvalue weighted by molar-refractivity contribution is 0.0529. The summed E-state index contributed by atoms with van der Waals surface area (Å²) in [6.45, 7) is 2.45. The third-order valence-corrected chi connectivity index (χ3v) is 6.86. The number of fused-ring (bicyclic) bond motifs is 1. The Labute approximate surface area is 181 Å². The van der Waals surface area contributed by atoms with Crippen LogP contribution in [0.25, 0.3) is 16.7 Å². The SMILES string of the molecule is CCC1CC(Oc2ccc(-n3ccc4cc(S(C)(=O)=O)ccc43)nc2)CCN1C(=O)O. The van der Waals surface area contributed by atoms with Crippen LogP contribution in [0.1, 0.15) is 26.2 Å². The molecule has 9 heteroatoms. The molecule has 164 valence electrons. The summed E-state index contributed by atoms with van der Waals surface area (Å²) in [5.74, 6) is 1.34. The van der Waals surface area contributed by atoms with Gasteiger partial charge in [0.05, 0.1) is 16.6 Å². The Morgan fingerprint density at radius 1 is 1.26 bits per heavy atom. The van der Waals surface area contributed by atoms with Crippen LogP contribution in [0.4, 0.5) is 4.79 Å². The van der Waals surface area contributed by atoms with E-state index in [1.165, 1.54) is 11.2 Å². The molecule has 2 aromatic heterocycles. The molecule has 1 fully saturated rings. The van der Waals surface area contributed by atoms with E-state index in [1.807, 2.05) is 35.9 Å². The number of aromatic nitrogens is 2. The first-order valence-corrected chi connectivity index (χ1v) is 12.1. The molecule has 4 rings (SSSR count). The van der Waals surface area contributed by atoms with Gasteiger partial charge in [0.25, 0.3) is 0 Å². The van der Waals surface area contributed by atoms with Crippen molar-refractivity contribution in [2.45, 2.75) is 43.2 Å². The van der Waals surface area contributed by atoms with Crippen molar-refractivity contribution in [2.75, 3.05) is 12.8 Å². The van der Waals surface area contributed by atoms with Crippen LogP contribution in [-0.2, 0) is 9.84 Å². The summed E-state index contributed by atoms with van der Waals surface area (Å²) in [6, 6.07) is 10.6. The molecule has 2 unspecified atom stereocenters. The predicted molar refractivity (Wildman–Crippen MR) is 117 cm³/mol. The van der Waals surface area contributed by atoms with E-state index in [0.29, 0.717) is 31.0 Å². The fourth-order valence-electron chi connectivity index (χ4n) is 4.09. The molecule has 1 saturated heterocycles. The molecule has 8 nitrogen and oxygen atoms in total. The second-order valence-electron chi connectivity index (χ2n) is 7.83. The molecule has 1 aliphatic heterocycles. The molecular weight excluding hydrogens is 418 g/mol. The number of sulfone groups is 1. The summed E-state index contributed by atoms with van der Waals surface area (Å²) < 4.78 is 31.5. The Kier molecular flexibility index (Phi) is 5.62. The summed E-state index contributed by atoms with van der Waals surface area (Å²) >= 11 is 0. The van der Waals surface area contributed by atoms with Crippen LogP contribution in [0.15, 0.2) is 53.7 Å². The van der Waals surface area contributed by atoms with Crippen molar-refractivity contribution in [3.63, 3.8) is 0 Å². The summed E-state index contributed by atoms with van der Waals surface area (Å²) in [7, 11) is -3.26. The molecule has 31 heavy (non-hydrogen) atoms. The van der Waals surface area contributed by atoms with E-state index < -0.39 is 15.9 Å². The summed E-state index contributed by atoms with van der Waals surface area (Å²) in [5, 5.41) is 10.1. The number of carboxylic acid groups (broad SMARTS) is 1. The molecule has 0 spiro atoms. The molecule has 1 aliphatic rings. The van der Waals surface area contributed by atoms with E-state index in [-0.39, 0.29) is 17.0 Å². The highest BCUT2D eigenvalue weighted by Gasteiger charge is 2.31. The number of benzene rings is 1. The number of rotatable bonds is 5. The maximum absolute atomic E-state index is 11.8. The highest BCUT2D eigenvalue weighted by Crippen LogP contribution is 2.26. The Balaban J connectivity index is 1.49. The van der Waals surface area contributed by atoms with Crippen molar-refractivity contribution in [2.24, 2.45) is 0 Å². The van der Waals surface area contributed by atoms with E-state index in [4.69, 9.17) is 4.74 Å². The van der Waals surface area contributed by atoms with Gasteiger partial charge in [0, 0.05) is 43.3 Å². The molecule has 1 N–H and O–H groups in total. The molecule has 0 radical (unpaired) electrons. The van der Waals surface area contributed by atoms with Gasteiger partial charge in [-0.25, -0.2) is 18.2 Å². The highest BCUT2D eigenvalue weighted by molar-refractivity contribution is 7.90. The number of hydrogen-bond acceptors (Lipinski definition) is 5. The van der Waals surface area contributed by atoms with Crippen LogP contribution in [0, 0.1) is 0 Å². The van der Waals surface area contributed by atoms with Crippen molar-refractivity contribution in [1.29, 1.82) is 0 Å². The number of ether oxygens (including phenoxy) is 1. The van der Waals surface area contributed by atoms with Crippen LogP contribution in [-0.4, -0.2) is 59.0 Å². The van der Waals surface area contributed by atoms with Gasteiger partial charge in [-0.05, 0) is 42.8 Å². The number of hydrogen-bond donors (Lipinski definition) is 1. The Morgan fingerprint density at radius 3 is 2.71 bits per heavy atom. The minimum Gasteiger partial charge on any atom is -0.489 e. The van der Waals surface area contributed by atoms with Gasteiger partial charge in [0.2, 0.25) is 0 Å². The molecular formula is C22H25N3O5S. The van der Waals surface area contributed by atoms with Crippen molar-refractivity contribution >= 4 is 26.8 Å². The zero-order valence-electron chi connectivity index (χ0n) is 17.4. The summed E-state index contributed by atoms with van der Waals surface area (Å²) in [6.07, 6.45) is 5.85. The van der Waals surface area contributed by atoms with Crippen LogP contribution in [0.3, 0.4) is 0 Å². The van der Waals surface area contributed by atoms with E-state index >= 15 is 0 Å². The van der Waals surface area contributed by atoms with Crippen molar-refractivity contribution in [3.05, 3.63) is 48.8 Å². The van der Waals surface area contributed by atoms with Crippen LogP contribution >= 0.6 is 0 Å². The van der Waals surface area contributed by atoms with Gasteiger partial charge in [0.1, 0.15) is 17.7 Å². The lowest BCUT2D eigenvalue weighted by Gasteiger charge is -2.37. The first-order chi connectivity index (χ1) is 14.8. The van der Waals surface area contributed by atoms with Crippen molar-refractivity contribution in [1.82, 2.24) is 14.5 Å². The molecule has 1 amide bonds. The average molecular weight is 444 g/mol. The average Bonchev–Trinajstić information content (AvgIpc) is 3.17. The summed E-state index contributed by atoms with van der Waals surface area (Å²) in [5.41, 5.74) is 0.861. The quantitative estimate of drug-likeness (QED) is 0.645. The molecule has 2 atom stereocenters. The van der Waals surface area contributed by atoms with Gasteiger partial charge < -0.3 is 19.3 Å². The predicted octanol–water partition coefficient (Wildman–Crippen LogP) is 3.73. The van der Waals surface area contributed by atoms with Gasteiger partial charge in [-0.3, -0.25) is 0 Å². The minimum atomic E-state index is -3.26.